The molecule has 1 aliphatic carbocycles. The van der Waals surface area contributed by atoms with Gasteiger partial charge in [0.2, 0.25) is 0 Å². The zero-order chi connectivity index (χ0) is 10.4. The zero-order valence-corrected chi connectivity index (χ0v) is 9.84. The van der Waals surface area contributed by atoms with Crippen LogP contribution in [0.1, 0.15) is 65.2 Å². The van der Waals surface area contributed by atoms with E-state index < -0.39 is 0 Å². The van der Waals surface area contributed by atoms with Gasteiger partial charge in [0.15, 0.2) is 0 Å². The molecule has 1 N–H and O–H groups in total. The Balaban J connectivity index is 2.37. The zero-order valence-electron chi connectivity index (χ0n) is 9.84. The minimum absolute atomic E-state index is 0.0440. The van der Waals surface area contributed by atoms with E-state index in [0.29, 0.717) is 0 Å². The third-order valence-corrected chi connectivity index (χ3v) is 3.77. The van der Waals surface area contributed by atoms with Crippen LogP contribution in [0.4, 0.5) is 0 Å². The van der Waals surface area contributed by atoms with Gasteiger partial charge in [-0.25, -0.2) is 0 Å². The molecule has 0 saturated heterocycles. The third-order valence-electron chi connectivity index (χ3n) is 3.77. The fraction of sp³-hybridized carbons (Fsp3) is 1.00. The minimum atomic E-state index is -0.0440. The van der Waals surface area contributed by atoms with Crippen molar-refractivity contribution in [3.8, 4) is 0 Å². The van der Waals surface area contributed by atoms with Crippen LogP contribution in [0, 0.1) is 11.8 Å². The lowest BCUT2D eigenvalue weighted by Crippen LogP contribution is -2.23. The lowest BCUT2D eigenvalue weighted by atomic mass is 9.74. The summed E-state index contributed by atoms with van der Waals surface area (Å²) in [5.74, 6) is 1.73. The van der Waals surface area contributed by atoms with Crippen molar-refractivity contribution in [1.29, 1.82) is 0 Å². The topological polar surface area (TPSA) is 20.2 Å². The van der Waals surface area contributed by atoms with Crippen LogP contribution < -0.4 is 0 Å². The molecule has 0 aromatic rings. The van der Waals surface area contributed by atoms with Gasteiger partial charge in [0.1, 0.15) is 0 Å². The normalized spacial score (nSPS) is 30.2. The van der Waals surface area contributed by atoms with Gasteiger partial charge in [-0.05, 0) is 24.7 Å². The van der Waals surface area contributed by atoms with Gasteiger partial charge >= 0.3 is 0 Å². The molecule has 0 amide bonds. The van der Waals surface area contributed by atoms with E-state index in [-0.39, 0.29) is 6.10 Å². The molecule has 1 heteroatoms. The monoisotopic (exact) mass is 198 g/mol. The summed E-state index contributed by atoms with van der Waals surface area (Å²) in [6, 6.07) is 0. The van der Waals surface area contributed by atoms with Crippen LogP contribution in [0.2, 0.25) is 0 Å². The molecular formula is C13H26O. The maximum absolute atomic E-state index is 9.70. The van der Waals surface area contributed by atoms with Crippen LogP contribution in [0.5, 0.6) is 0 Å². The first kappa shape index (κ1) is 12.0. The van der Waals surface area contributed by atoms with Crippen molar-refractivity contribution in [2.45, 2.75) is 71.3 Å². The van der Waals surface area contributed by atoms with Gasteiger partial charge in [-0.2, -0.15) is 0 Å². The number of aliphatic hydroxyl groups is 1. The summed E-state index contributed by atoms with van der Waals surface area (Å²) in [5.41, 5.74) is 0. The molecule has 0 aromatic heterocycles. The van der Waals surface area contributed by atoms with Gasteiger partial charge in [0.05, 0.1) is 6.10 Å². The fourth-order valence-electron chi connectivity index (χ4n) is 2.86. The highest BCUT2D eigenvalue weighted by atomic mass is 16.3. The summed E-state index contributed by atoms with van der Waals surface area (Å²) >= 11 is 0. The van der Waals surface area contributed by atoms with Crippen molar-refractivity contribution < 1.29 is 5.11 Å². The first-order valence-corrected chi connectivity index (χ1v) is 6.46. The maximum Gasteiger partial charge on any atom is 0.0540 e. The van der Waals surface area contributed by atoms with Crippen molar-refractivity contribution in [2.24, 2.45) is 11.8 Å². The summed E-state index contributed by atoms with van der Waals surface area (Å²) in [6.45, 7) is 4.37. The highest BCUT2D eigenvalue weighted by Gasteiger charge is 2.25. The molecule has 0 heterocycles. The molecular weight excluding hydrogens is 172 g/mol. The van der Waals surface area contributed by atoms with E-state index in [4.69, 9.17) is 0 Å². The first-order chi connectivity index (χ1) is 6.77. The maximum atomic E-state index is 9.70. The predicted octanol–water partition coefficient (Wildman–Crippen LogP) is 3.75. The van der Waals surface area contributed by atoms with Gasteiger partial charge in [0.25, 0.3) is 0 Å². The van der Waals surface area contributed by atoms with Crippen molar-refractivity contribution in [3.63, 3.8) is 0 Å². The second-order valence-electron chi connectivity index (χ2n) is 4.89. The average Bonchev–Trinajstić information content (AvgIpc) is 2.21. The Morgan fingerprint density at radius 1 is 1.14 bits per heavy atom. The molecule has 84 valence electrons. The molecule has 1 fully saturated rings. The molecule has 1 nitrogen and oxygen atoms in total. The van der Waals surface area contributed by atoms with E-state index in [1.54, 1.807) is 0 Å². The Bertz CT molecular complexity index is 142. The molecule has 0 spiro atoms. The molecule has 1 aliphatic rings. The van der Waals surface area contributed by atoms with Gasteiger partial charge in [0, 0.05) is 0 Å². The number of hydrogen-bond acceptors (Lipinski definition) is 1. The summed E-state index contributed by atoms with van der Waals surface area (Å²) in [5, 5.41) is 9.70. The summed E-state index contributed by atoms with van der Waals surface area (Å²) < 4.78 is 0. The molecule has 14 heavy (non-hydrogen) atoms. The molecule has 0 aromatic carbocycles. The van der Waals surface area contributed by atoms with E-state index in [0.717, 1.165) is 24.7 Å². The van der Waals surface area contributed by atoms with E-state index in [1.807, 2.05) is 0 Å². The molecule has 1 rings (SSSR count). The molecule has 3 atom stereocenters. The highest BCUT2D eigenvalue weighted by molar-refractivity contribution is 4.77. The van der Waals surface area contributed by atoms with E-state index in [9.17, 15) is 5.11 Å². The Morgan fingerprint density at radius 2 is 1.79 bits per heavy atom. The van der Waals surface area contributed by atoms with Gasteiger partial charge < -0.3 is 5.11 Å². The largest absolute Gasteiger partial charge is 0.393 e. The van der Waals surface area contributed by atoms with Crippen molar-refractivity contribution in [3.05, 3.63) is 0 Å². The van der Waals surface area contributed by atoms with E-state index in [2.05, 4.69) is 13.8 Å². The smallest absolute Gasteiger partial charge is 0.0540 e. The second kappa shape index (κ2) is 6.44. The average molecular weight is 198 g/mol. The quantitative estimate of drug-likeness (QED) is 0.713. The van der Waals surface area contributed by atoms with Crippen LogP contribution in [-0.4, -0.2) is 11.2 Å². The number of rotatable bonds is 5. The van der Waals surface area contributed by atoms with Crippen LogP contribution in [0.25, 0.3) is 0 Å². The highest BCUT2D eigenvalue weighted by Crippen LogP contribution is 2.36. The van der Waals surface area contributed by atoms with Gasteiger partial charge in [-0.1, -0.05) is 52.4 Å². The number of aliphatic hydroxyl groups excluding tert-OH is 1. The van der Waals surface area contributed by atoms with Crippen molar-refractivity contribution >= 4 is 0 Å². The SMILES string of the molecule is CCCC1CCCCC1CC(O)CC. The Morgan fingerprint density at radius 3 is 2.36 bits per heavy atom. The Labute approximate surface area is 88.9 Å². The minimum Gasteiger partial charge on any atom is -0.393 e. The van der Waals surface area contributed by atoms with Crippen LogP contribution >= 0.6 is 0 Å². The Kier molecular flexibility index (Phi) is 5.54. The van der Waals surface area contributed by atoms with E-state index in [1.165, 1.54) is 38.5 Å². The molecule has 0 bridgehead atoms. The molecule has 0 aliphatic heterocycles. The van der Waals surface area contributed by atoms with Crippen LogP contribution in [0.3, 0.4) is 0 Å². The summed E-state index contributed by atoms with van der Waals surface area (Å²) in [6.07, 6.45) is 10.2. The summed E-state index contributed by atoms with van der Waals surface area (Å²) in [4.78, 5) is 0. The molecule has 3 unspecified atom stereocenters. The van der Waals surface area contributed by atoms with Crippen molar-refractivity contribution in [1.82, 2.24) is 0 Å². The standard InChI is InChI=1S/C13H26O/c1-3-7-11-8-5-6-9-12(11)10-13(14)4-2/h11-14H,3-10H2,1-2H3. The third kappa shape index (κ3) is 3.61. The number of hydrogen-bond donors (Lipinski definition) is 1. The lowest BCUT2D eigenvalue weighted by molar-refractivity contribution is 0.0987. The second-order valence-corrected chi connectivity index (χ2v) is 4.89. The molecule has 0 radical (unpaired) electrons. The predicted molar refractivity (Wildman–Crippen MR) is 61.3 cm³/mol. The van der Waals surface area contributed by atoms with E-state index >= 15 is 0 Å². The van der Waals surface area contributed by atoms with Crippen LogP contribution in [0.15, 0.2) is 0 Å². The molecule has 1 saturated carbocycles. The van der Waals surface area contributed by atoms with Gasteiger partial charge in [-0.3, -0.25) is 0 Å². The van der Waals surface area contributed by atoms with Crippen molar-refractivity contribution in [2.75, 3.05) is 0 Å². The first-order valence-electron chi connectivity index (χ1n) is 6.46. The van der Waals surface area contributed by atoms with Crippen LogP contribution in [-0.2, 0) is 0 Å². The fourth-order valence-corrected chi connectivity index (χ4v) is 2.86. The Hall–Kier alpha value is -0.0400. The lowest BCUT2D eigenvalue weighted by Gasteiger charge is -2.32. The van der Waals surface area contributed by atoms with Gasteiger partial charge in [-0.15, -0.1) is 0 Å². The summed E-state index contributed by atoms with van der Waals surface area (Å²) in [7, 11) is 0.